The molecule has 11 heteroatoms. The highest BCUT2D eigenvalue weighted by atomic mass is 32.2. The van der Waals surface area contributed by atoms with Crippen LogP contribution in [0.2, 0.25) is 0 Å². The fourth-order valence-corrected chi connectivity index (χ4v) is 4.15. The van der Waals surface area contributed by atoms with Gasteiger partial charge >= 0.3 is 5.69 Å². The summed E-state index contributed by atoms with van der Waals surface area (Å²) in [5, 5.41) is 12.2. The van der Waals surface area contributed by atoms with E-state index in [0.29, 0.717) is 11.6 Å². The number of aromatic nitrogens is 3. The molecule has 0 aliphatic heterocycles. The Bertz CT molecular complexity index is 1480. The minimum atomic E-state index is -3.59. The summed E-state index contributed by atoms with van der Waals surface area (Å²) in [4.78, 5) is 19.1. The number of hydrogen-bond donors (Lipinski definition) is 1. The number of sulfone groups is 1. The van der Waals surface area contributed by atoms with Gasteiger partial charge in [-0.2, -0.15) is 0 Å². The molecule has 2 N–H and O–H groups in total. The molecular formula is C22H21N5O5S. The van der Waals surface area contributed by atoms with Crippen molar-refractivity contribution in [1.29, 1.82) is 0 Å². The van der Waals surface area contributed by atoms with Gasteiger partial charge in [-0.3, -0.25) is 10.1 Å². The Balaban J connectivity index is 1.71. The van der Waals surface area contributed by atoms with E-state index in [1.54, 1.807) is 24.3 Å². The van der Waals surface area contributed by atoms with Gasteiger partial charge in [-0.25, -0.2) is 18.4 Å². The van der Waals surface area contributed by atoms with Crippen LogP contribution in [0.3, 0.4) is 0 Å². The number of hydrogen-bond acceptors (Lipinski definition) is 8. The average Bonchev–Trinajstić information content (AvgIpc) is 3.15. The van der Waals surface area contributed by atoms with Gasteiger partial charge < -0.3 is 15.0 Å². The van der Waals surface area contributed by atoms with E-state index in [0.717, 1.165) is 34.5 Å². The summed E-state index contributed by atoms with van der Waals surface area (Å²) in [7, 11) is -3.59. The highest BCUT2D eigenvalue weighted by Gasteiger charge is 2.21. The molecule has 0 saturated heterocycles. The van der Waals surface area contributed by atoms with Gasteiger partial charge in [0.05, 0.1) is 15.2 Å². The number of rotatable bonds is 6. The van der Waals surface area contributed by atoms with Crippen molar-refractivity contribution in [2.75, 3.05) is 12.0 Å². The van der Waals surface area contributed by atoms with Crippen molar-refractivity contribution in [2.45, 2.75) is 24.8 Å². The van der Waals surface area contributed by atoms with Crippen molar-refractivity contribution in [2.24, 2.45) is 0 Å². The van der Waals surface area contributed by atoms with Gasteiger partial charge in [0.15, 0.2) is 9.84 Å². The lowest BCUT2D eigenvalue weighted by molar-refractivity contribution is -0.385. The van der Waals surface area contributed by atoms with Crippen LogP contribution in [0, 0.1) is 10.1 Å². The van der Waals surface area contributed by atoms with E-state index in [1.807, 2.05) is 24.6 Å². The number of fused-ring (bicyclic) bond motifs is 1. The molecule has 0 fully saturated rings. The molecule has 0 amide bonds. The fraction of sp³-hybridized carbons (Fsp3) is 0.182. The maximum absolute atomic E-state index is 11.7. The standard InChI is InChI=1S/C22H21N5O5S/c1-13(2)26-11-17(20-21(23)24-12-25-22(20)26)14-4-6-15(7-5-14)32-19-9-8-16(33(3,30)31)10-18(19)27(28)29/h4-13H,1-3H3,(H2,23,24,25). The van der Waals surface area contributed by atoms with Crippen LogP contribution >= 0.6 is 0 Å². The average molecular weight is 468 g/mol. The second-order valence-electron chi connectivity index (χ2n) is 7.79. The number of nitro benzene ring substituents is 1. The Kier molecular flexibility index (Phi) is 5.50. The SMILES string of the molecule is CC(C)n1cc(-c2ccc(Oc3ccc(S(C)(=O)=O)cc3[N+](=O)[O-])cc2)c2c(N)ncnc21. The molecule has 0 spiro atoms. The molecule has 0 saturated carbocycles. The highest BCUT2D eigenvalue weighted by Crippen LogP contribution is 2.37. The van der Waals surface area contributed by atoms with Gasteiger partial charge in [0.2, 0.25) is 5.75 Å². The zero-order valence-electron chi connectivity index (χ0n) is 18.1. The first-order valence-corrected chi connectivity index (χ1v) is 11.8. The third kappa shape index (κ3) is 4.22. The topological polar surface area (TPSA) is 143 Å². The van der Waals surface area contributed by atoms with Gasteiger partial charge in [0.1, 0.15) is 23.5 Å². The van der Waals surface area contributed by atoms with E-state index >= 15 is 0 Å². The summed E-state index contributed by atoms with van der Waals surface area (Å²) in [6, 6.07) is 10.6. The van der Waals surface area contributed by atoms with Crippen LogP contribution in [0.25, 0.3) is 22.2 Å². The molecule has 2 heterocycles. The van der Waals surface area contributed by atoms with Crippen LogP contribution in [-0.4, -0.2) is 34.1 Å². The van der Waals surface area contributed by atoms with Crippen LogP contribution in [-0.2, 0) is 9.84 Å². The minimum Gasteiger partial charge on any atom is -0.450 e. The summed E-state index contributed by atoms with van der Waals surface area (Å²) in [5.41, 5.74) is 8.12. The smallest absolute Gasteiger partial charge is 0.312 e. The molecule has 170 valence electrons. The Labute approximate surface area is 189 Å². The van der Waals surface area contributed by atoms with E-state index in [9.17, 15) is 18.5 Å². The van der Waals surface area contributed by atoms with Crippen LogP contribution in [0.15, 0.2) is 59.9 Å². The highest BCUT2D eigenvalue weighted by molar-refractivity contribution is 7.90. The lowest BCUT2D eigenvalue weighted by atomic mass is 10.1. The van der Waals surface area contributed by atoms with Crippen LogP contribution in [0.4, 0.5) is 11.5 Å². The molecule has 10 nitrogen and oxygen atoms in total. The zero-order valence-corrected chi connectivity index (χ0v) is 18.9. The molecule has 33 heavy (non-hydrogen) atoms. The van der Waals surface area contributed by atoms with Crippen molar-refractivity contribution in [3.63, 3.8) is 0 Å². The predicted molar refractivity (Wildman–Crippen MR) is 124 cm³/mol. The van der Waals surface area contributed by atoms with E-state index < -0.39 is 20.4 Å². The Morgan fingerprint density at radius 3 is 2.42 bits per heavy atom. The predicted octanol–water partition coefficient (Wildman–Crippen LogP) is 4.37. The third-order valence-electron chi connectivity index (χ3n) is 5.14. The quantitative estimate of drug-likeness (QED) is 0.325. The number of benzene rings is 2. The summed E-state index contributed by atoms with van der Waals surface area (Å²) < 4.78 is 31.2. The maximum atomic E-state index is 11.7. The van der Waals surface area contributed by atoms with Crippen LogP contribution in [0.1, 0.15) is 19.9 Å². The molecule has 0 bridgehead atoms. The monoisotopic (exact) mass is 467 g/mol. The molecule has 2 aromatic heterocycles. The molecule has 4 aromatic rings. The number of nitro groups is 1. The van der Waals surface area contributed by atoms with Crippen molar-refractivity contribution >= 4 is 32.4 Å². The number of nitrogens with zero attached hydrogens (tertiary/aromatic N) is 4. The van der Waals surface area contributed by atoms with Crippen molar-refractivity contribution in [3.8, 4) is 22.6 Å². The van der Waals surface area contributed by atoms with E-state index in [4.69, 9.17) is 10.5 Å². The number of anilines is 1. The second-order valence-corrected chi connectivity index (χ2v) is 9.80. The first-order chi connectivity index (χ1) is 15.6. The second kappa shape index (κ2) is 8.17. The number of ether oxygens (including phenoxy) is 1. The third-order valence-corrected chi connectivity index (χ3v) is 6.25. The Morgan fingerprint density at radius 2 is 1.82 bits per heavy atom. The first kappa shape index (κ1) is 22.2. The summed E-state index contributed by atoms with van der Waals surface area (Å²) in [6.45, 7) is 4.08. The van der Waals surface area contributed by atoms with E-state index in [1.165, 1.54) is 18.5 Å². The lowest BCUT2D eigenvalue weighted by Crippen LogP contribution is -2.00. The molecule has 0 unspecified atom stereocenters. The molecule has 0 aliphatic carbocycles. The van der Waals surface area contributed by atoms with Crippen LogP contribution < -0.4 is 10.5 Å². The Morgan fingerprint density at radius 1 is 1.12 bits per heavy atom. The first-order valence-electron chi connectivity index (χ1n) is 9.94. The van der Waals surface area contributed by atoms with Gasteiger partial charge in [0.25, 0.3) is 0 Å². The molecular weight excluding hydrogens is 446 g/mol. The molecule has 2 aromatic carbocycles. The molecule has 0 aliphatic rings. The number of nitrogen functional groups attached to an aromatic ring is 1. The van der Waals surface area contributed by atoms with Crippen molar-refractivity contribution < 1.29 is 18.1 Å². The number of nitrogens with two attached hydrogens (primary N) is 1. The molecule has 0 radical (unpaired) electrons. The summed E-state index contributed by atoms with van der Waals surface area (Å²) in [5.74, 6) is 0.663. The molecule has 4 rings (SSSR count). The largest absolute Gasteiger partial charge is 0.450 e. The minimum absolute atomic E-state index is 0.0609. The van der Waals surface area contributed by atoms with E-state index in [2.05, 4.69) is 9.97 Å². The van der Waals surface area contributed by atoms with Crippen molar-refractivity contribution in [1.82, 2.24) is 14.5 Å². The molecule has 0 atom stereocenters. The van der Waals surface area contributed by atoms with Gasteiger partial charge in [-0.15, -0.1) is 0 Å². The van der Waals surface area contributed by atoms with Crippen molar-refractivity contribution in [3.05, 3.63) is 65.1 Å². The van der Waals surface area contributed by atoms with Gasteiger partial charge in [-0.05, 0) is 43.7 Å². The zero-order chi connectivity index (χ0) is 23.9. The normalized spacial score (nSPS) is 11.8. The summed E-state index contributed by atoms with van der Waals surface area (Å²) >= 11 is 0. The van der Waals surface area contributed by atoms with E-state index in [-0.39, 0.29) is 16.7 Å². The fourth-order valence-electron chi connectivity index (χ4n) is 3.51. The van der Waals surface area contributed by atoms with Gasteiger partial charge in [0, 0.05) is 30.1 Å². The van der Waals surface area contributed by atoms with Gasteiger partial charge in [-0.1, -0.05) is 12.1 Å². The maximum Gasteiger partial charge on any atom is 0.312 e. The lowest BCUT2D eigenvalue weighted by Gasteiger charge is -2.08. The summed E-state index contributed by atoms with van der Waals surface area (Å²) in [6.07, 6.45) is 4.38. The Hall–Kier alpha value is -3.99. The van der Waals surface area contributed by atoms with Crippen LogP contribution in [0.5, 0.6) is 11.5 Å².